The fourth-order valence-electron chi connectivity index (χ4n) is 1.98. The number of carbonyl (C=O) groups is 4. The Morgan fingerprint density at radius 3 is 1.82 bits per heavy atom. The molecule has 0 bridgehead atoms. The highest BCUT2D eigenvalue weighted by molar-refractivity contribution is 6.74. The van der Waals surface area contributed by atoms with Crippen molar-refractivity contribution >= 4 is 32.7 Å². The van der Waals surface area contributed by atoms with E-state index in [2.05, 4.69) is 0 Å². The molecule has 0 aromatic heterocycles. The summed E-state index contributed by atoms with van der Waals surface area (Å²) in [5, 5.41) is -0.108. The van der Waals surface area contributed by atoms with E-state index < -0.39 is 44.5 Å². The molecule has 0 fully saturated rings. The molecule has 0 saturated carbocycles. The van der Waals surface area contributed by atoms with Gasteiger partial charge in [0, 0.05) is 20.8 Å². The molecule has 0 aromatic carbocycles. The van der Waals surface area contributed by atoms with Crippen LogP contribution in [0.1, 0.15) is 41.5 Å². The minimum Gasteiger partial charge on any atom is -0.462 e. The highest BCUT2D eigenvalue weighted by atomic mass is 28.4. The van der Waals surface area contributed by atoms with Gasteiger partial charge in [0.05, 0.1) is 6.61 Å². The van der Waals surface area contributed by atoms with Gasteiger partial charge in [-0.25, -0.2) is 0 Å². The molecular weight excluding hydrogens is 388 g/mol. The highest BCUT2D eigenvalue weighted by Crippen LogP contribution is 2.36. The molecule has 10 heteroatoms. The first-order valence-electron chi connectivity index (χ1n) is 8.92. The predicted octanol–water partition coefficient (Wildman–Crippen LogP) is 1.98. The number of ether oxygens (including phenoxy) is 4. The molecule has 0 aliphatic heterocycles. The lowest BCUT2D eigenvalue weighted by Gasteiger charge is -2.38. The minimum atomic E-state index is -2.22. The van der Waals surface area contributed by atoms with Crippen LogP contribution < -0.4 is 0 Å². The van der Waals surface area contributed by atoms with Crippen molar-refractivity contribution in [1.29, 1.82) is 0 Å². The smallest absolute Gasteiger partial charge is 0.303 e. The molecule has 0 rings (SSSR count). The van der Waals surface area contributed by atoms with Crippen LogP contribution in [0.4, 0.5) is 0 Å². The number of esters is 3. The maximum Gasteiger partial charge on any atom is 0.303 e. The van der Waals surface area contributed by atoms with Crippen LogP contribution >= 0.6 is 0 Å². The van der Waals surface area contributed by atoms with E-state index >= 15 is 0 Å². The van der Waals surface area contributed by atoms with E-state index in [-0.39, 0.29) is 24.7 Å². The molecule has 0 aliphatic carbocycles. The van der Waals surface area contributed by atoms with Gasteiger partial charge in [0.1, 0.15) is 6.61 Å². The molecule has 0 amide bonds. The molecule has 0 aliphatic rings. The first-order valence-corrected chi connectivity index (χ1v) is 11.8. The van der Waals surface area contributed by atoms with Gasteiger partial charge in [0.2, 0.25) is 0 Å². The Bertz CT molecular complexity index is 554. The standard InChI is InChI=1S/C18H32O9Si/c1-12(20)23-9-16(26-13(2)21)17(27-14(3)22)15(24-11-19)10-25-28(7,8)18(4,5)6/h11,15-17H,9-10H2,1-8H3/t15-,16-,17-/m1/s1. The minimum absolute atomic E-state index is 0.0784. The van der Waals surface area contributed by atoms with Crippen molar-refractivity contribution < 1.29 is 42.6 Å². The summed E-state index contributed by atoms with van der Waals surface area (Å²) >= 11 is 0. The molecule has 3 atom stereocenters. The van der Waals surface area contributed by atoms with Crippen molar-refractivity contribution in [2.24, 2.45) is 0 Å². The van der Waals surface area contributed by atoms with E-state index in [4.69, 9.17) is 23.4 Å². The maximum absolute atomic E-state index is 11.6. The zero-order valence-electron chi connectivity index (χ0n) is 17.9. The molecule has 162 valence electrons. The van der Waals surface area contributed by atoms with E-state index in [1.165, 1.54) is 6.92 Å². The van der Waals surface area contributed by atoms with Crippen LogP contribution in [-0.4, -0.2) is 64.2 Å². The van der Waals surface area contributed by atoms with Gasteiger partial charge in [-0.3, -0.25) is 19.2 Å². The zero-order chi connectivity index (χ0) is 22.1. The Morgan fingerprint density at radius 2 is 1.43 bits per heavy atom. The van der Waals surface area contributed by atoms with Crippen LogP contribution in [0.15, 0.2) is 0 Å². The molecule has 0 heterocycles. The largest absolute Gasteiger partial charge is 0.462 e. The molecular formula is C18H32O9Si. The summed E-state index contributed by atoms with van der Waals surface area (Å²) in [5.41, 5.74) is 0. The third-order valence-electron chi connectivity index (χ3n) is 4.45. The van der Waals surface area contributed by atoms with Crippen LogP contribution in [0.25, 0.3) is 0 Å². The van der Waals surface area contributed by atoms with Gasteiger partial charge in [0.15, 0.2) is 26.6 Å². The quantitative estimate of drug-likeness (QED) is 0.214. The molecule has 0 N–H and O–H groups in total. The van der Waals surface area contributed by atoms with E-state index in [9.17, 15) is 19.2 Å². The monoisotopic (exact) mass is 420 g/mol. The summed E-state index contributed by atoms with van der Waals surface area (Å²) in [6.45, 7) is 13.4. The van der Waals surface area contributed by atoms with Crippen molar-refractivity contribution in [2.45, 2.75) is 78.0 Å². The first kappa shape index (κ1) is 26.1. The first-order chi connectivity index (χ1) is 12.7. The number of carbonyl (C=O) groups excluding carboxylic acids is 4. The van der Waals surface area contributed by atoms with Crippen LogP contribution in [0.5, 0.6) is 0 Å². The summed E-state index contributed by atoms with van der Waals surface area (Å²) in [7, 11) is -2.22. The summed E-state index contributed by atoms with van der Waals surface area (Å²) < 4.78 is 26.5. The van der Waals surface area contributed by atoms with Crippen molar-refractivity contribution in [3.05, 3.63) is 0 Å². The molecule has 0 radical (unpaired) electrons. The maximum atomic E-state index is 11.6. The van der Waals surface area contributed by atoms with Crippen molar-refractivity contribution in [3.8, 4) is 0 Å². The number of hydrogen-bond donors (Lipinski definition) is 0. The van der Waals surface area contributed by atoms with Gasteiger partial charge in [-0.15, -0.1) is 0 Å². The molecule has 0 unspecified atom stereocenters. The van der Waals surface area contributed by atoms with Gasteiger partial charge < -0.3 is 23.4 Å². The lowest BCUT2D eigenvalue weighted by molar-refractivity contribution is -0.188. The Balaban J connectivity index is 5.67. The molecule has 0 saturated heterocycles. The van der Waals surface area contributed by atoms with Gasteiger partial charge in [0.25, 0.3) is 6.47 Å². The third kappa shape index (κ3) is 9.31. The predicted molar refractivity (Wildman–Crippen MR) is 102 cm³/mol. The van der Waals surface area contributed by atoms with Crippen molar-refractivity contribution in [3.63, 3.8) is 0 Å². The summed E-state index contributed by atoms with van der Waals surface area (Å²) in [6, 6.07) is 0. The molecule has 28 heavy (non-hydrogen) atoms. The third-order valence-corrected chi connectivity index (χ3v) is 8.95. The van der Waals surface area contributed by atoms with Gasteiger partial charge in [-0.1, -0.05) is 20.8 Å². The SMILES string of the molecule is CC(=O)OC[C@@H](OC(C)=O)[C@H](OC(C)=O)[C@@H](CO[Si](C)(C)C(C)(C)C)OC=O. The number of rotatable bonds is 11. The Morgan fingerprint density at radius 1 is 0.893 bits per heavy atom. The second-order valence-corrected chi connectivity index (χ2v) is 12.7. The van der Waals surface area contributed by atoms with E-state index in [0.717, 1.165) is 13.8 Å². The fourth-order valence-corrected chi connectivity index (χ4v) is 3.00. The zero-order valence-corrected chi connectivity index (χ0v) is 18.9. The van der Waals surface area contributed by atoms with Crippen molar-refractivity contribution in [1.82, 2.24) is 0 Å². The summed E-state index contributed by atoms with van der Waals surface area (Å²) in [4.78, 5) is 45.3. The second kappa shape index (κ2) is 11.2. The summed E-state index contributed by atoms with van der Waals surface area (Å²) in [5.74, 6) is -1.97. The fraction of sp³-hybridized carbons (Fsp3) is 0.778. The molecule has 0 spiro atoms. The van der Waals surface area contributed by atoms with E-state index in [0.29, 0.717) is 0 Å². The van der Waals surface area contributed by atoms with E-state index in [1.54, 1.807) is 0 Å². The topological polar surface area (TPSA) is 114 Å². The van der Waals surface area contributed by atoms with Crippen LogP contribution in [0, 0.1) is 0 Å². The Labute approximate surface area is 167 Å². The number of hydrogen-bond acceptors (Lipinski definition) is 9. The van der Waals surface area contributed by atoms with Crippen LogP contribution in [0.2, 0.25) is 18.1 Å². The average molecular weight is 421 g/mol. The van der Waals surface area contributed by atoms with Gasteiger partial charge >= 0.3 is 17.9 Å². The molecule has 9 nitrogen and oxygen atoms in total. The van der Waals surface area contributed by atoms with E-state index in [1.807, 2.05) is 33.9 Å². The van der Waals surface area contributed by atoms with Gasteiger partial charge in [-0.2, -0.15) is 0 Å². The van der Waals surface area contributed by atoms with Crippen LogP contribution in [0.3, 0.4) is 0 Å². The van der Waals surface area contributed by atoms with Gasteiger partial charge in [-0.05, 0) is 18.1 Å². The average Bonchev–Trinajstić information content (AvgIpc) is 2.51. The van der Waals surface area contributed by atoms with Crippen molar-refractivity contribution in [2.75, 3.05) is 13.2 Å². The summed E-state index contributed by atoms with van der Waals surface area (Å²) in [6.07, 6.45) is -3.44. The Kier molecular flexibility index (Phi) is 10.4. The second-order valence-electron chi connectivity index (χ2n) is 7.87. The Hall–Kier alpha value is -1.94. The lowest BCUT2D eigenvalue weighted by Crippen LogP contribution is -2.51. The normalized spacial score (nSPS) is 15.0. The van der Waals surface area contributed by atoms with Crippen LogP contribution in [-0.2, 0) is 42.6 Å². The highest BCUT2D eigenvalue weighted by Gasteiger charge is 2.42. The molecule has 0 aromatic rings. The lowest BCUT2D eigenvalue weighted by atomic mass is 10.1.